The molecule has 0 aliphatic heterocycles. The van der Waals surface area contributed by atoms with Gasteiger partial charge in [-0.05, 0) is 25.0 Å². The Kier molecular flexibility index (Phi) is 1.82. The Hall–Kier alpha value is -1.42. The standard InChI is InChI=1S/C10H10FNO2/c11-8-5-6(9(13)14)1-2-7(8)10(12)3-4-10/h1-2,5H,3-4,12H2,(H,13,14). The first-order valence-electron chi connectivity index (χ1n) is 4.35. The normalized spacial score (nSPS) is 17.9. The highest BCUT2D eigenvalue weighted by Gasteiger charge is 2.42. The second-order valence-electron chi connectivity index (χ2n) is 3.66. The van der Waals surface area contributed by atoms with Gasteiger partial charge < -0.3 is 10.8 Å². The fourth-order valence-electron chi connectivity index (χ4n) is 1.46. The molecule has 0 unspecified atom stereocenters. The van der Waals surface area contributed by atoms with E-state index in [-0.39, 0.29) is 5.56 Å². The lowest BCUT2D eigenvalue weighted by atomic mass is 10.0. The maximum Gasteiger partial charge on any atom is 0.335 e. The molecule has 1 aromatic carbocycles. The monoisotopic (exact) mass is 195 g/mol. The highest BCUT2D eigenvalue weighted by molar-refractivity contribution is 5.87. The number of nitrogens with two attached hydrogens (primary N) is 1. The van der Waals surface area contributed by atoms with E-state index in [1.807, 2.05) is 0 Å². The van der Waals surface area contributed by atoms with E-state index in [1.54, 1.807) is 0 Å². The molecule has 2 rings (SSSR count). The molecular weight excluding hydrogens is 185 g/mol. The summed E-state index contributed by atoms with van der Waals surface area (Å²) in [4.78, 5) is 10.5. The van der Waals surface area contributed by atoms with E-state index < -0.39 is 17.3 Å². The van der Waals surface area contributed by atoms with E-state index in [0.717, 1.165) is 18.9 Å². The largest absolute Gasteiger partial charge is 0.478 e. The SMILES string of the molecule is NC1(c2ccc(C(=O)O)cc2F)CC1. The van der Waals surface area contributed by atoms with Gasteiger partial charge in [0.1, 0.15) is 5.82 Å². The van der Waals surface area contributed by atoms with Gasteiger partial charge in [-0.25, -0.2) is 9.18 Å². The molecule has 0 atom stereocenters. The van der Waals surface area contributed by atoms with E-state index in [0.29, 0.717) is 5.56 Å². The Morgan fingerprint density at radius 3 is 2.57 bits per heavy atom. The van der Waals surface area contributed by atoms with Crippen molar-refractivity contribution in [3.63, 3.8) is 0 Å². The van der Waals surface area contributed by atoms with Gasteiger partial charge in [-0.2, -0.15) is 0 Å². The Morgan fingerprint density at radius 1 is 1.50 bits per heavy atom. The summed E-state index contributed by atoms with van der Waals surface area (Å²) in [5.74, 6) is -1.65. The molecule has 1 aliphatic rings. The van der Waals surface area contributed by atoms with Crippen LogP contribution in [0.2, 0.25) is 0 Å². The molecule has 0 saturated heterocycles. The van der Waals surface area contributed by atoms with Crippen LogP contribution in [0.4, 0.5) is 4.39 Å². The van der Waals surface area contributed by atoms with Crippen LogP contribution >= 0.6 is 0 Å². The first-order chi connectivity index (χ1) is 6.53. The second kappa shape index (κ2) is 2.78. The van der Waals surface area contributed by atoms with Crippen LogP contribution in [0.15, 0.2) is 18.2 Å². The van der Waals surface area contributed by atoms with Crippen LogP contribution in [-0.2, 0) is 5.54 Å². The van der Waals surface area contributed by atoms with E-state index in [4.69, 9.17) is 10.8 Å². The highest BCUT2D eigenvalue weighted by atomic mass is 19.1. The fourth-order valence-corrected chi connectivity index (χ4v) is 1.46. The molecule has 1 saturated carbocycles. The predicted molar refractivity (Wildman–Crippen MR) is 48.5 cm³/mol. The molecule has 0 heterocycles. The van der Waals surface area contributed by atoms with Crippen molar-refractivity contribution in [2.75, 3.05) is 0 Å². The third-order valence-corrected chi connectivity index (χ3v) is 2.54. The van der Waals surface area contributed by atoms with Crippen LogP contribution in [0.3, 0.4) is 0 Å². The lowest BCUT2D eigenvalue weighted by Crippen LogP contribution is -2.20. The van der Waals surface area contributed by atoms with E-state index in [1.165, 1.54) is 12.1 Å². The zero-order valence-corrected chi connectivity index (χ0v) is 7.46. The summed E-state index contributed by atoms with van der Waals surface area (Å²) >= 11 is 0. The molecule has 1 aliphatic carbocycles. The van der Waals surface area contributed by atoms with Crippen molar-refractivity contribution < 1.29 is 14.3 Å². The second-order valence-corrected chi connectivity index (χ2v) is 3.66. The third kappa shape index (κ3) is 1.37. The zero-order valence-electron chi connectivity index (χ0n) is 7.46. The van der Waals surface area contributed by atoms with Gasteiger partial charge in [-0.3, -0.25) is 0 Å². The quantitative estimate of drug-likeness (QED) is 0.751. The van der Waals surface area contributed by atoms with Crippen molar-refractivity contribution in [3.8, 4) is 0 Å². The number of hydrogen-bond donors (Lipinski definition) is 2. The summed E-state index contributed by atoms with van der Waals surface area (Å²) < 4.78 is 13.4. The number of carbonyl (C=O) groups is 1. The number of carboxylic acids is 1. The highest BCUT2D eigenvalue weighted by Crippen LogP contribution is 2.43. The molecule has 1 aromatic rings. The van der Waals surface area contributed by atoms with Crippen LogP contribution in [0.25, 0.3) is 0 Å². The van der Waals surface area contributed by atoms with Crippen LogP contribution < -0.4 is 5.73 Å². The van der Waals surface area contributed by atoms with Crippen molar-refractivity contribution in [1.29, 1.82) is 0 Å². The number of halogens is 1. The summed E-state index contributed by atoms with van der Waals surface area (Å²) in [5.41, 5.74) is 5.63. The first kappa shape index (κ1) is 9.15. The van der Waals surface area contributed by atoms with E-state index in [9.17, 15) is 9.18 Å². The molecule has 3 nitrogen and oxygen atoms in total. The van der Waals surface area contributed by atoms with Crippen LogP contribution in [0.5, 0.6) is 0 Å². The van der Waals surface area contributed by atoms with Crippen LogP contribution in [0, 0.1) is 5.82 Å². The molecule has 0 aromatic heterocycles. The first-order valence-corrected chi connectivity index (χ1v) is 4.35. The maximum absolute atomic E-state index is 13.4. The number of carboxylic acid groups (broad SMARTS) is 1. The van der Waals surface area contributed by atoms with Crippen molar-refractivity contribution in [2.24, 2.45) is 5.73 Å². The minimum atomic E-state index is -1.13. The Labute approximate surface area is 80.3 Å². The molecule has 0 amide bonds. The predicted octanol–water partition coefficient (Wildman–Crippen LogP) is 1.47. The minimum absolute atomic E-state index is 0.0458. The van der Waals surface area contributed by atoms with Crippen molar-refractivity contribution in [3.05, 3.63) is 35.1 Å². The average molecular weight is 195 g/mol. The van der Waals surface area contributed by atoms with Gasteiger partial charge in [-0.1, -0.05) is 6.07 Å². The Bertz CT molecular complexity index is 399. The number of rotatable bonds is 2. The van der Waals surface area contributed by atoms with Crippen molar-refractivity contribution >= 4 is 5.97 Å². The summed E-state index contributed by atoms with van der Waals surface area (Å²) in [6, 6.07) is 3.87. The van der Waals surface area contributed by atoms with Gasteiger partial charge in [0.25, 0.3) is 0 Å². The van der Waals surface area contributed by atoms with Crippen molar-refractivity contribution in [1.82, 2.24) is 0 Å². The Morgan fingerprint density at radius 2 is 2.14 bits per heavy atom. The number of hydrogen-bond acceptors (Lipinski definition) is 2. The Balaban J connectivity index is 2.41. The maximum atomic E-state index is 13.4. The molecule has 0 spiro atoms. The van der Waals surface area contributed by atoms with E-state index in [2.05, 4.69) is 0 Å². The average Bonchev–Trinajstić information content (AvgIpc) is 2.84. The molecular formula is C10H10FNO2. The minimum Gasteiger partial charge on any atom is -0.478 e. The van der Waals surface area contributed by atoms with Gasteiger partial charge in [0, 0.05) is 11.1 Å². The van der Waals surface area contributed by atoms with Gasteiger partial charge in [-0.15, -0.1) is 0 Å². The van der Waals surface area contributed by atoms with Crippen LogP contribution in [-0.4, -0.2) is 11.1 Å². The molecule has 74 valence electrons. The summed E-state index contributed by atoms with van der Waals surface area (Å²) in [5, 5.41) is 8.62. The topological polar surface area (TPSA) is 63.3 Å². The third-order valence-electron chi connectivity index (χ3n) is 2.54. The fraction of sp³-hybridized carbons (Fsp3) is 0.300. The summed E-state index contributed by atoms with van der Waals surface area (Å²) in [6.45, 7) is 0. The molecule has 4 heteroatoms. The summed E-state index contributed by atoms with van der Waals surface area (Å²) in [7, 11) is 0. The van der Waals surface area contributed by atoms with Gasteiger partial charge in [0.15, 0.2) is 0 Å². The van der Waals surface area contributed by atoms with Crippen LogP contribution in [0.1, 0.15) is 28.8 Å². The van der Waals surface area contributed by atoms with E-state index >= 15 is 0 Å². The van der Waals surface area contributed by atoms with Crippen molar-refractivity contribution in [2.45, 2.75) is 18.4 Å². The van der Waals surface area contributed by atoms with Gasteiger partial charge in [0.05, 0.1) is 5.56 Å². The molecule has 14 heavy (non-hydrogen) atoms. The number of benzene rings is 1. The van der Waals surface area contributed by atoms with Gasteiger partial charge in [0.2, 0.25) is 0 Å². The molecule has 0 radical (unpaired) electrons. The summed E-state index contributed by atoms with van der Waals surface area (Å²) in [6.07, 6.45) is 1.52. The van der Waals surface area contributed by atoms with Gasteiger partial charge >= 0.3 is 5.97 Å². The lowest BCUT2D eigenvalue weighted by Gasteiger charge is -2.10. The zero-order chi connectivity index (χ0) is 10.3. The number of aromatic carboxylic acids is 1. The molecule has 3 N–H and O–H groups in total. The molecule has 1 fully saturated rings. The lowest BCUT2D eigenvalue weighted by molar-refractivity contribution is 0.0696. The smallest absolute Gasteiger partial charge is 0.335 e. The molecule has 0 bridgehead atoms.